The fourth-order valence-electron chi connectivity index (χ4n) is 3.07. The summed E-state index contributed by atoms with van der Waals surface area (Å²) in [4.78, 5) is 26.2. The van der Waals surface area contributed by atoms with Crippen LogP contribution < -0.4 is 21.0 Å². The minimum Gasteiger partial charge on any atom is -0.423 e. The second-order valence-corrected chi connectivity index (χ2v) is 8.69. The summed E-state index contributed by atoms with van der Waals surface area (Å²) in [5, 5.41) is 8.61. The van der Waals surface area contributed by atoms with Crippen molar-refractivity contribution >= 4 is 32.6 Å². The molecular weight excluding hydrogens is 406 g/mol. The number of fused-ring (bicyclic) bond motifs is 1. The van der Waals surface area contributed by atoms with Crippen molar-refractivity contribution in [1.82, 2.24) is 5.32 Å². The summed E-state index contributed by atoms with van der Waals surface area (Å²) in [5.41, 5.74) is 2.29. The Balaban J connectivity index is 1.65. The van der Waals surface area contributed by atoms with Crippen LogP contribution in [-0.4, -0.2) is 35.0 Å². The molecule has 1 heterocycles. The first-order valence-corrected chi connectivity index (χ1v) is 10.8. The first-order valence-electron chi connectivity index (χ1n) is 9.26. The highest BCUT2D eigenvalue weighted by molar-refractivity contribution is 7.89. The Morgan fingerprint density at radius 3 is 2.43 bits per heavy atom. The second kappa shape index (κ2) is 8.68. The van der Waals surface area contributed by atoms with Crippen molar-refractivity contribution in [3.05, 3.63) is 70.1 Å². The van der Waals surface area contributed by atoms with Crippen molar-refractivity contribution in [2.45, 2.75) is 17.7 Å². The topological polar surface area (TPSA) is 123 Å². The van der Waals surface area contributed by atoms with Crippen molar-refractivity contribution in [3.63, 3.8) is 0 Å². The molecule has 0 bridgehead atoms. The lowest BCUT2D eigenvalue weighted by Crippen LogP contribution is -2.27. The van der Waals surface area contributed by atoms with Gasteiger partial charge in [-0.05, 0) is 41.8 Å². The number of hydrogen-bond donors (Lipinski definition) is 2. The Morgan fingerprint density at radius 2 is 1.80 bits per heavy atom. The van der Waals surface area contributed by atoms with Gasteiger partial charge in [-0.2, -0.15) is 0 Å². The lowest BCUT2D eigenvalue weighted by atomic mass is 10.1. The summed E-state index contributed by atoms with van der Waals surface area (Å²) in [6, 6.07) is 13.0. The fourth-order valence-corrected chi connectivity index (χ4v) is 3.59. The minimum absolute atomic E-state index is 0.0440. The minimum atomic E-state index is -3.72. The number of anilines is 1. The van der Waals surface area contributed by atoms with Crippen LogP contribution in [0.1, 0.15) is 11.1 Å². The zero-order chi connectivity index (χ0) is 21.9. The third-order valence-electron chi connectivity index (χ3n) is 4.67. The van der Waals surface area contributed by atoms with Crippen molar-refractivity contribution in [1.29, 1.82) is 0 Å². The first-order chi connectivity index (χ1) is 14.1. The number of primary sulfonamides is 1. The summed E-state index contributed by atoms with van der Waals surface area (Å²) in [6.07, 6.45) is 0.578. The zero-order valence-electron chi connectivity index (χ0n) is 16.7. The summed E-state index contributed by atoms with van der Waals surface area (Å²) in [5.74, 6) is -0.222. The van der Waals surface area contributed by atoms with Gasteiger partial charge in [0.25, 0.3) is 0 Å². The van der Waals surface area contributed by atoms with Gasteiger partial charge in [-0.3, -0.25) is 4.79 Å². The van der Waals surface area contributed by atoms with E-state index in [1.165, 1.54) is 18.2 Å². The highest BCUT2D eigenvalue weighted by atomic mass is 32.2. The Bertz CT molecular complexity index is 1230. The van der Waals surface area contributed by atoms with Gasteiger partial charge in [0, 0.05) is 43.8 Å². The zero-order valence-corrected chi connectivity index (χ0v) is 17.5. The summed E-state index contributed by atoms with van der Waals surface area (Å²) >= 11 is 0. The van der Waals surface area contributed by atoms with Gasteiger partial charge < -0.3 is 14.6 Å². The number of carbonyl (C=O) groups excluding carboxylic acids is 1. The number of nitrogens with one attached hydrogen (secondary N) is 1. The molecule has 30 heavy (non-hydrogen) atoms. The molecule has 1 amide bonds. The molecule has 2 aromatic carbocycles. The van der Waals surface area contributed by atoms with E-state index in [0.29, 0.717) is 29.5 Å². The van der Waals surface area contributed by atoms with Gasteiger partial charge in [0.2, 0.25) is 15.9 Å². The van der Waals surface area contributed by atoms with Crippen LogP contribution >= 0.6 is 0 Å². The molecule has 0 saturated carbocycles. The number of nitrogens with two attached hydrogens (primary N) is 1. The van der Waals surface area contributed by atoms with E-state index in [1.807, 2.05) is 31.1 Å². The summed E-state index contributed by atoms with van der Waals surface area (Å²) < 4.78 is 27.8. The molecule has 0 saturated heterocycles. The predicted molar refractivity (Wildman–Crippen MR) is 115 cm³/mol. The molecular formula is C21H23N3O5S. The van der Waals surface area contributed by atoms with Crippen LogP contribution in [0.3, 0.4) is 0 Å². The average Bonchev–Trinajstić information content (AvgIpc) is 2.67. The maximum absolute atomic E-state index is 12.4. The lowest BCUT2D eigenvalue weighted by molar-refractivity contribution is -0.120. The van der Waals surface area contributed by atoms with Crippen molar-refractivity contribution in [3.8, 4) is 0 Å². The van der Waals surface area contributed by atoms with Crippen LogP contribution in [0.5, 0.6) is 0 Å². The monoisotopic (exact) mass is 429 g/mol. The van der Waals surface area contributed by atoms with Crippen molar-refractivity contribution in [2.75, 3.05) is 25.5 Å². The van der Waals surface area contributed by atoms with Gasteiger partial charge >= 0.3 is 5.63 Å². The van der Waals surface area contributed by atoms with E-state index in [4.69, 9.17) is 9.56 Å². The first kappa shape index (κ1) is 21.5. The highest BCUT2D eigenvalue weighted by Gasteiger charge is 2.12. The molecule has 0 radical (unpaired) electrons. The second-order valence-electron chi connectivity index (χ2n) is 7.13. The van der Waals surface area contributed by atoms with E-state index < -0.39 is 15.6 Å². The summed E-state index contributed by atoms with van der Waals surface area (Å²) in [7, 11) is 0.0531. The fraction of sp³-hybridized carbons (Fsp3) is 0.238. The Labute approximate surface area is 174 Å². The molecule has 158 valence electrons. The number of amides is 1. The quantitative estimate of drug-likeness (QED) is 0.548. The van der Waals surface area contributed by atoms with E-state index in [2.05, 4.69) is 5.32 Å². The van der Waals surface area contributed by atoms with E-state index >= 15 is 0 Å². The largest absolute Gasteiger partial charge is 0.423 e. The van der Waals surface area contributed by atoms with Crippen LogP contribution in [0.2, 0.25) is 0 Å². The van der Waals surface area contributed by atoms with Crippen LogP contribution in [0.4, 0.5) is 5.69 Å². The summed E-state index contributed by atoms with van der Waals surface area (Å²) in [6.45, 7) is 0.373. The van der Waals surface area contributed by atoms with Crippen molar-refractivity contribution in [2.24, 2.45) is 5.14 Å². The van der Waals surface area contributed by atoms with Crippen molar-refractivity contribution < 1.29 is 17.6 Å². The molecule has 8 nitrogen and oxygen atoms in total. The van der Waals surface area contributed by atoms with E-state index in [9.17, 15) is 18.0 Å². The molecule has 0 aliphatic heterocycles. The maximum Gasteiger partial charge on any atom is 0.336 e. The number of rotatable bonds is 7. The van der Waals surface area contributed by atoms with E-state index in [0.717, 1.165) is 11.3 Å². The standard InChI is InChI=1S/C21H23N3O5S/c1-24(2)16-5-8-18-15(12-21(26)29-19(18)13-16)11-20(25)23-10-9-14-3-6-17(7-4-14)30(22,27)28/h3-8,12-13H,9-11H2,1-2H3,(H,23,25)(H2,22,27,28). The van der Waals surface area contributed by atoms with Crippen LogP contribution in [0.15, 0.2) is 62.6 Å². The molecule has 3 rings (SSSR count). The third kappa shape index (κ3) is 5.25. The molecule has 1 aromatic heterocycles. The van der Waals surface area contributed by atoms with Crippen LogP contribution in [0, 0.1) is 0 Å². The Morgan fingerprint density at radius 1 is 1.10 bits per heavy atom. The average molecular weight is 429 g/mol. The van der Waals surface area contributed by atoms with E-state index in [-0.39, 0.29) is 17.2 Å². The van der Waals surface area contributed by atoms with Gasteiger partial charge in [-0.15, -0.1) is 0 Å². The normalized spacial score (nSPS) is 11.4. The van der Waals surface area contributed by atoms with Gasteiger partial charge in [0.05, 0.1) is 11.3 Å². The van der Waals surface area contributed by atoms with Crippen LogP contribution in [-0.2, 0) is 27.7 Å². The predicted octanol–water partition coefficient (Wildman–Crippen LogP) is 1.41. The number of sulfonamides is 1. The Kier molecular flexibility index (Phi) is 6.23. The number of benzene rings is 2. The number of nitrogens with zero attached hydrogens (tertiary/aromatic N) is 1. The smallest absolute Gasteiger partial charge is 0.336 e. The molecule has 0 aliphatic carbocycles. The SMILES string of the molecule is CN(C)c1ccc2c(CC(=O)NCCc3ccc(S(N)(=O)=O)cc3)cc(=O)oc2c1. The Hall–Kier alpha value is -3.17. The third-order valence-corrected chi connectivity index (χ3v) is 5.60. The molecule has 3 aromatic rings. The van der Waals surface area contributed by atoms with Crippen LogP contribution in [0.25, 0.3) is 11.0 Å². The van der Waals surface area contributed by atoms with E-state index in [1.54, 1.807) is 18.2 Å². The number of hydrogen-bond acceptors (Lipinski definition) is 6. The maximum atomic E-state index is 12.4. The molecule has 0 unspecified atom stereocenters. The molecule has 9 heteroatoms. The van der Waals surface area contributed by atoms with Gasteiger partial charge in [-0.25, -0.2) is 18.4 Å². The molecule has 0 spiro atoms. The number of carbonyl (C=O) groups is 1. The molecule has 0 atom stereocenters. The van der Waals surface area contributed by atoms with Gasteiger partial charge in [0.1, 0.15) is 5.58 Å². The molecule has 0 fully saturated rings. The molecule has 0 aliphatic rings. The highest BCUT2D eigenvalue weighted by Crippen LogP contribution is 2.23. The lowest BCUT2D eigenvalue weighted by Gasteiger charge is -2.13. The van der Waals surface area contributed by atoms with Gasteiger partial charge in [-0.1, -0.05) is 12.1 Å². The molecule has 3 N–H and O–H groups in total. The van der Waals surface area contributed by atoms with Gasteiger partial charge in [0.15, 0.2) is 0 Å².